The highest BCUT2D eigenvalue weighted by Gasteiger charge is 2.10. The third kappa shape index (κ3) is 14.6. The first-order valence-corrected chi connectivity index (χ1v) is 18.3. The van der Waals surface area contributed by atoms with Crippen LogP contribution in [-0.4, -0.2) is 52.6 Å². The molecule has 1 heterocycles. The van der Waals surface area contributed by atoms with Gasteiger partial charge in [-0.3, -0.25) is 0 Å². The number of carbonyl (C=O) groups is 2. The van der Waals surface area contributed by atoms with E-state index in [1.165, 1.54) is 21.9 Å². The van der Waals surface area contributed by atoms with Crippen molar-refractivity contribution in [3.05, 3.63) is 94.7 Å². The van der Waals surface area contributed by atoms with Gasteiger partial charge in [0.1, 0.15) is 0 Å². The number of ether oxygens (including phenoxy) is 6. The molecule has 0 aliphatic carbocycles. The summed E-state index contributed by atoms with van der Waals surface area (Å²) in [6.07, 6.45) is 14.1. The molecule has 1 aromatic heterocycles. The Morgan fingerprint density at radius 2 is 0.961 bits per heavy atom. The fraction of sp³-hybridized carbons (Fsp3) is 0.381. The summed E-state index contributed by atoms with van der Waals surface area (Å²) in [6, 6.07) is 16.3. The second-order valence-electron chi connectivity index (χ2n) is 11.9. The van der Waals surface area contributed by atoms with E-state index in [9.17, 15) is 9.59 Å². The Kier molecular flexibility index (Phi) is 18.2. The Morgan fingerprint density at radius 3 is 1.33 bits per heavy atom. The number of unbranched alkanes of at least 4 members (excludes halogenated alkanes) is 6. The van der Waals surface area contributed by atoms with E-state index >= 15 is 0 Å². The third-order valence-electron chi connectivity index (χ3n) is 7.94. The van der Waals surface area contributed by atoms with Crippen molar-refractivity contribution in [1.82, 2.24) is 0 Å². The van der Waals surface area contributed by atoms with Crippen LogP contribution in [0.25, 0.3) is 23.3 Å². The Hall–Kier alpha value is -4.76. The van der Waals surface area contributed by atoms with Crippen molar-refractivity contribution in [1.29, 1.82) is 0 Å². The fourth-order valence-electron chi connectivity index (χ4n) is 5.13. The highest BCUT2D eigenvalue weighted by atomic mass is 32.1. The lowest BCUT2D eigenvalue weighted by molar-refractivity contribution is -0.138. The summed E-state index contributed by atoms with van der Waals surface area (Å²) in [5.74, 6) is 2.09. The average molecular weight is 717 g/mol. The smallest absolute Gasteiger partial charge is 0.330 e. The molecule has 9 heteroatoms. The van der Waals surface area contributed by atoms with Crippen molar-refractivity contribution < 1.29 is 38.0 Å². The molecule has 0 saturated heterocycles. The van der Waals surface area contributed by atoms with Crippen LogP contribution in [0.15, 0.2) is 73.8 Å². The second-order valence-corrected chi connectivity index (χ2v) is 13.0. The van der Waals surface area contributed by atoms with Gasteiger partial charge in [-0.2, -0.15) is 0 Å². The summed E-state index contributed by atoms with van der Waals surface area (Å²) >= 11 is 1.75. The molecular weight excluding hydrogens is 665 g/mol. The standard InChI is InChI=1S/C42H52O8S/c1-7-41(43)49-25-15-11-9-13-23-47-35-19-17-33(29-37(35)45-5)27-31(3)39-21-22-40(51-39)32(4)28-34-18-20-36(38(30-34)46-6)48-24-14-10-12-16-26-50-42(44)8-2/h7-8,17-22,27-30H,1-2,9-16,23-26H2,3-6H3/b31-27+,32-28+. The summed E-state index contributed by atoms with van der Waals surface area (Å²) in [6.45, 7) is 13.1. The first kappa shape index (κ1) is 40.7. The van der Waals surface area contributed by atoms with Crippen LogP contribution in [-0.2, 0) is 19.1 Å². The van der Waals surface area contributed by atoms with Crippen molar-refractivity contribution >= 4 is 46.6 Å². The summed E-state index contributed by atoms with van der Waals surface area (Å²) < 4.78 is 33.3. The zero-order valence-electron chi connectivity index (χ0n) is 30.5. The highest BCUT2D eigenvalue weighted by molar-refractivity contribution is 7.14. The van der Waals surface area contributed by atoms with Gasteiger partial charge >= 0.3 is 11.9 Å². The number of rotatable bonds is 24. The number of allylic oxidation sites excluding steroid dienone is 2. The number of esters is 2. The van der Waals surface area contributed by atoms with Gasteiger partial charge in [-0.05, 0) is 124 Å². The maximum Gasteiger partial charge on any atom is 0.330 e. The predicted octanol–water partition coefficient (Wildman–Crippen LogP) is 10.2. The number of methoxy groups -OCH3 is 2. The normalized spacial score (nSPS) is 11.5. The van der Waals surface area contributed by atoms with E-state index in [4.69, 9.17) is 28.4 Å². The van der Waals surface area contributed by atoms with E-state index in [2.05, 4.69) is 51.3 Å². The van der Waals surface area contributed by atoms with Crippen LogP contribution in [0.1, 0.15) is 86.1 Å². The summed E-state index contributed by atoms with van der Waals surface area (Å²) in [4.78, 5) is 24.6. The molecule has 0 aliphatic rings. The van der Waals surface area contributed by atoms with Crippen LogP contribution in [0, 0.1) is 0 Å². The summed E-state index contributed by atoms with van der Waals surface area (Å²) in [5.41, 5.74) is 4.39. The molecule has 274 valence electrons. The van der Waals surface area contributed by atoms with Crippen molar-refractivity contribution in [2.75, 3.05) is 40.6 Å². The molecule has 0 radical (unpaired) electrons. The van der Waals surface area contributed by atoms with Gasteiger partial charge in [0.15, 0.2) is 23.0 Å². The first-order chi connectivity index (χ1) is 24.8. The molecule has 2 aromatic carbocycles. The van der Waals surface area contributed by atoms with E-state index in [-0.39, 0.29) is 11.9 Å². The summed E-state index contributed by atoms with van der Waals surface area (Å²) in [7, 11) is 3.31. The van der Waals surface area contributed by atoms with Crippen LogP contribution in [0.4, 0.5) is 0 Å². The number of hydrogen-bond acceptors (Lipinski definition) is 9. The molecule has 0 fully saturated rings. The molecule has 0 atom stereocenters. The van der Waals surface area contributed by atoms with Gasteiger partial charge in [0.25, 0.3) is 0 Å². The van der Waals surface area contributed by atoms with Crippen LogP contribution >= 0.6 is 11.3 Å². The molecule has 3 rings (SSSR count). The molecule has 0 N–H and O–H groups in total. The van der Waals surface area contributed by atoms with E-state index in [0.717, 1.165) is 85.1 Å². The minimum atomic E-state index is -0.378. The monoisotopic (exact) mass is 716 g/mol. The Balaban J connectivity index is 1.51. The van der Waals surface area contributed by atoms with E-state index in [0.29, 0.717) is 37.9 Å². The molecular formula is C42H52O8S. The molecule has 51 heavy (non-hydrogen) atoms. The van der Waals surface area contributed by atoms with Gasteiger partial charge in [0.2, 0.25) is 0 Å². The van der Waals surface area contributed by atoms with Crippen LogP contribution < -0.4 is 18.9 Å². The Bertz CT molecular complexity index is 1520. The van der Waals surface area contributed by atoms with Crippen molar-refractivity contribution in [3.63, 3.8) is 0 Å². The topological polar surface area (TPSA) is 89.5 Å². The van der Waals surface area contributed by atoms with Gasteiger partial charge in [-0.15, -0.1) is 11.3 Å². The molecule has 0 bridgehead atoms. The maximum absolute atomic E-state index is 11.1. The van der Waals surface area contributed by atoms with Crippen LogP contribution in [0.3, 0.4) is 0 Å². The average Bonchev–Trinajstić information content (AvgIpc) is 3.65. The number of carbonyl (C=O) groups excluding carboxylic acids is 2. The third-order valence-corrected chi connectivity index (χ3v) is 9.30. The molecule has 8 nitrogen and oxygen atoms in total. The predicted molar refractivity (Wildman–Crippen MR) is 208 cm³/mol. The lowest BCUT2D eigenvalue weighted by Crippen LogP contribution is -2.02. The fourth-order valence-corrected chi connectivity index (χ4v) is 6.08. The number of benzene rings is 2. The van der Waals surface area contributed by atoms with Crippen molar-refractivity contribution in [2.45, 2.75) is 65.2 Å². The SMILES string of the molecule is C=CC(=O)OCCCCCCOc1ccc(/C=C(\C)c2ccc(/C(C)=C/c3ccc(OCCCCCCOC(=O)C=C)c(OC)c3)s2)cc1OC. The van der Waals surface area contributed by atoms with Gasteiger partial charge in [0.05, 0.1) is 40.6 Å². The molecule has 0 amide bonds. The van der Waals surface area contributed by atoms with Crippen LogP contribution in [0.5, 0.6) is 23.0 Å². The largest absolute Gasteiger partial charge is 0.493 e. The Morgan fingerprint density at radius 1 is 0.569 bits per heavy atom. The first-order valence-electron chi connectivity index (χ1n) is 17.4. The van der Waals surface area contributed by atoms with Gasteiger partial charge in [-0.25, -0.2) is 9.59 Å². The molecule has 3 aromatic rings. The van der Waals surface area contributed by atoms with Gasteiger partial charge in [-0.1, -0.05) is 37.4 Å². The molecule has 0 aliphatic heterocycles. The van der Waals surface area contributed by atoms with E-state index in [1.807, 2.05) is 36.4 Å². The van der Waals surface area contributed by atoms with Crippen LogP contribution in [0.2, 0.25) is 0 Å². The minimum absolute atomic E-state index is 0.378. The number of thiophene rings is 1. The van der Waals surface area contributed by atoms with Gasteiger partial charge in [0, 0.05) is 21.9 Å². The summed E-state index contributed by atoms with van der Waals surface area (Å²) in [5, 5.41) is 0. The second kappa shape index (κ2) is 22.9. The number of hydrogen-bond donors (Lipinski definition) is 0. The van der Waals surface area contributed by atoms with Crippen molar-refractivity contribution in [3.8, 4) is 23.0 Å². The highest BCUT2D eigenvalue weighted by Crippen LogP contribution is 2.34. The van der Waals surface area contributed by atoms with Crippen molar-refractivity contribution in [2.24, 2.45) is 0 Å². The van der Waals surface area contributed by atoms with E-state index < -0.39 is 0 Å². The zero-order chi connectivity index (χ0) is 36.8. The molecule has 0 saturated carbocycles. The van der Waals surface area contributed by atoms with Gasteiger partial charge < -0.3 is 28.4 Å². The van der Waals surface area contributed by atoms with E-state index in [1.54, 1.807) is 25.6 Å². The quantitative estimate of drug-likeness (QED) is 0.0514. The lowest BCUT2D eigenvalue weighted by Gasteiger charge is -2.12. The molecule has 0 spiro atoms. The lowest BCUT2D eigenvalue weighted by atomic mass is 10.1. The Labute approximate surface area is 307 Å². The maximum atomic E-state index is 11.1. The molecule has 0 unspecified atom stereocenters. The zero-order valence-corrected chi connectivity index (χ0v) is 31.3. The minimum Gasteiger partial charge on any atom is -0.493 e.